The van der Waals surface area contributed by atoms with Gasteiger partial charge in [-0.05, 0) is 54.4 Å². The van der Waals surface area contributed by atoms with Gasteiger partial charge in [-0.3, -0.25) is 0 Å². The van der Waals surface area contributed by atoms with Crippen LogP contribution in [-0.4, -0.2) is 67.8 Å². The Labute approximate surface area is 317 Å². The highest BCUT2D eigenvalue weighted by molar-refractivity contribution is 5.87. The summed E-state index contributed by atoms with van der Waals surface area (Å²) in [4.78, 5) is 35.9. The summed E-state index contributed by atoms with van der Waals surface area (Å²) < 4.78 is 13.4. The van der Waals surface area contributed by atoms with Crippen molar-refractivity contribution >= 4 is 34.0 Å². The van der Waals surface area contributed by atoms with Crippen LogP contribution < -0.4 is 23.8 Å². The van der Waals surface area contributed by atoms with Crippen molar-refractivity contribution < 1.29 is 19.1 Å². The van der Waals surface area contributed by atoms with Crippen molar-refractivity contribution in [2.24, 2.45) is 0 Å². The van der Waals surface area contributed by atoms with Gasteiger partial charge < -0.3 is 34.3 Å². The highest BCUT2D eigenvalue weighted by Crippen LogP contribution is 2.34. The molecule has 0 fully saturated rings. The molecule has 0 bridgehead atoms. The minimum atomic E-state index is -0.453. The van der Waals surface area contributed by atoms with Crippen LogP contribution in [0.4, 0.5) is 11.6 Å². The van der Waals surface area contributed by atoms with Gasteiger partial charge in [-0.25, -0.2) is 19.5 Å². The molecular formula is C42H41N10O3+. The number of para-hydroxylation sites is 1. The maximum Gasteiger partial charge on any atom is 0.296 e. The second-order valence-electron chi connectivity index (χ2n) is 13.1. The fraction of sp³-hybridized carbons (Fsp3) is 0.190. The Balaban J connectivity index is 1.27. The van der Waals surface area contributed by atoms with Crippen LogP contribution in [0.1, 0.15) is 29.8 Å². The summed E-state index contributed by atoms with van der Waals surface area (Å²) in [7, 11) is 5.68. The molecule has 0 aliphatic rings. The van der Waals surface area contributed by atoms with Gasteiger partial charge in [-0.2, -0.15) is 0 Å². The van der Waals surface area contributed by atoms with E-state index in [2.05, 4.69) is 53.6 Å². The van der Waals surface area contributed by atoms with Crippen LogP contribution in [-0.2, 0) is 13.2 Å². The maximum atomic E-state index is 9.70. The average Bonchev–Trinajstić information content (AvgIpc) is 3.88. The number of anilines is 2. The summed E-state index contributed by atoms with van der Waals surface area (Å²) >= 11 is 0. The third kappa shape index (κ3) is 6.88. The number of imidazole rings is 2. The van der Waals surface area contributed by atoms with E-state index in [1.54, 1.807) is 7.11 Å². The number of methoxy groups -OCH3 is 1. The molecule has 1 unspecified atom stereocenters. The second kappa shape index (κ2) is 15.2. The normalized spacial score (nSPS) is 11.9. The van der Waals surface area contributed by atoms with Gasteiger partial charge in [0.05, 0.1) is 25.9 Å². The Hall–Kier alpha value is -6.86. The maximum absolute atomic E-state index is 9.70. The molecule has 55 heavy (non-hydrogen) atoms. The van der Waals surface area contributed by atoms with Gasteiger partial charge in [0.1, 0.15) is 29.2 Å². The molecule has 4 aromatic carbocycles. The fourth-order valence-electron chi connectivity index (χ4n) is 6.86. The van der Waals surface area contributed by atoms with E-state index in [1.165, 1.54) is 6.33 Å². The topological polar surface area (TPSA) is 145 Å². The Bertz CT molecular complexity index is 2550. The number of hydrogen-bond donors (Lipinski definition) is 3. The first kappa shape index (κ1) is 35.2. The Kier molecular flexibility index (Phi) is 9.75. The average molecular weight is 734 g/mol. The molecular weight excluding hydrogens is 693 g/mol. The molecule has 0 spiro atoms. The van der Waals surface area contributed by atoms with E-state index in [0.29, 0.717) is 47.4 Å². The first-order chi connectivity index (χ1) is 26.9. The monoisotopic (exact) mass is 733 g/mol. The third-order valence-electron chi connectivity index (χ3n) is 9.58. The molecule has 4 aromatic heterocycles. The van der Waals surface area contributed by atoms with Crippen LogP contribution in [0.15, 0.2) is 116 Å². The largest absolute Gasteiger partial charge is 0.497 e. The molecule has 1 atom stereocenters. The first-order valence-corrected chi connectivity index (χ1v) is 18.0. The molecule has 4 heterocycles. The molecule has 13 nitrogen and oxygen atoms in total. The fourth-order valence-corrected chi connectivity index (χ4v) is 6.86. The molecule has 0 saturated carbocycles. The smallest absolute Gasteiger partial charge is 0.296 e. The van der Waals surface area contributed by atoms with Crippen LogP contribution in [0.25, 0.3) is 45.1 Å². The zero-order valence-electron chi connectivity index (χ0n) is 31.0. The summed E-state index contributed by atoms with van der Waals surface area (Å²) in [5, 5.41) is 9.70. The highest BCUT2D eigenvalue weighted by Gasteiger charge is 2.32. The number of fused-ring (bicyclic) bond motifs is 2. The zero-order chi connectivity index (χ0) is 37.9. The summed E-state index contributed by atoms with van der Waals surface area (Å²) in [6.45, 7) is 3.05. The molecule has 0 radical (unpaired) electrons. The molecule has 8 rings (SSSR count). The van der Waals surface area contributed by atoms with Crippen molar-refractivity contribution in [3.05, 3.63) is 132 Å². The number of hydrogen-bond acceptors (Lipinski definition) is 10. The highest BCUT2D eigenvalue weighted by atomic mass is 16.5. The van der Waals surface area contributed by atoms with Crippen molar-refractivity contribution in [3.8, 4) is 34.3 Å². The molecule has 276 valence electrons. The van der Waals surface area contributed by atoms with E-state index >= 15 is 0 Å². The van der Waals surface area contributed by atoms with E-state index in [1.807, 2.05) is 106 Å². The number of aliphatic hydroxyl groups excluding tert-OH is 1. The standard InChI is InChI=1S/C42H40N10O3/c1-5-55-33-14-10-9-13-32(33)37-46-34-38(48-37)43-25-44-40(34)51(3)42(30-11-7-6-8-12-30)52-26-45-39(50(2)23-27-17-21-31(54-4)22-18-27)35-41(52)49-36(47-35)29-19-15-28(24-53)16-20-29/h6-22,25-26,42,53H,5,23-24H2,1-4H3,(H,43,44,46,48)/p+1. The lowest BCUT2D eigenvalue weighted by Gasteiger charge is -2.28. The molecule has 0 aliphatic heterocycles. The van der Waals surface area contributed by atoms with Crippen LogP contribution >= 0.6 is 0 Å². The lowest BCUT2D eigenvalue weighted by molar-refractivity contribution is -0.692. The summed E-state index contributed by atoms with van der Waals surface area (Å²) in [5.74, 6) is 4.22. The lowest BCUT2D eigenvalue weighted by Crippen LogP contribution is -2.50. The van der Waals surface area contributed by atoms with Gasteiger partial charge in [-0.1, -0.05) is 76.7 Å². The predicted molar refractivity (Wildman–Crippen MR) is 212 cm³/mol. The van der Waals surface area contributed by atoms with Crippen molar-refractivity contribution in [1.29, 1.82) is 0 Å². The van der Waals surface area contributed by atoms with Crippen molar-refractivity contribution in [3.63, 3.8) is 0 Å². The van der Waals surface area contributed by atoms with Crippen molar-refractivity contribution in [1.82, 2.24) is 34.9 Å². The Morgan fingerprint density at radius 2 is 1.49 bits per heavy atom. The van der Waals surface area contributed by atoms with Crippen molar-refractivity contribution in [2.45, 2.75) is 26.2 Å². The predicted octanol–water partition coefficient (Wildman–Crippen LogP) is 6.47. The van der Waals surface area contributed by atoms with Gasteiger partial charge in [0.25, 0.3) is 5.65 Å². The lowest BCUT2D eigenvalue weighted by atomic mass is 10.1. The number of benzene rings is 4. The zero-order valence-corrected chi connectivity index (χ0v) is 31.0. The van der Waals surface area contributed by atoms with E-state index in [9.17, 15) is 5.11 Å². The summed E-state index contributed by atoms with van der Waals surface area (Å²) in [6.07, 6.45) is 2.92. The first-order valence-electron chi connectivity index (χ1n) is 18.0. The number of ether oxygens (including phenoxy) is 2. The molecule has 13 heteroatoms. The second-order valence-corrected chi connectivity index (χ2v) is 13.1. The Morgan fingerprint density at radius 3 is 2.24 bits per heavy atom. The summed E-state index contributed by atoms with van der Waals surface area (Å²) in [6, 6.07) is 33.8. The number of aromatic nitrogens is 8. The number of nitrogens with one attached hydrogen (secondary N) is 2. The van der Waals surface area contributed by atoms with E-state index < -0.39 is 6.17 Å². The molecule has 0 amide bonds. The molecule has 3 N–H and O–H groups in total. The summed E-state index contributed by atoms with van der Waals surface area (Å²) in [5.41, 5.74) is 7.29. The third-order valence-corrected chi connectivity index (χ3v) is 9.58. The number of aliphatic hydroxyl groups is 1. The molecule has 8 aromatic rings. The number of aromatic amines is 2. The van der Waals surface area contributed by atoms with Crippen LogP contribution in [0.5, 0.6) is 11.5 Å². The van der Waals surface area contributed by atoms with Crippen molar-refractivity contribution in [2.75, 3.05) is 37.6 Å². The van der Waals surface area contributed by atoms with Crippen LogP contribution in [0, 0.1) is 0 Å². The van der Waals surface area contributed by atoms with Gasteiger partial charge in [0, 0.05) is 31.8 Å². The van der Waals surface area contributed by atoms with Crippen LogP contribution in [0.3, 0.4) is 0 Å². The van der Waals surface area contributed by atoms with Crippen LogP contribution in [0.2, 0.25) is 0 Å². The minimum Gasteiger partial charge on any atom is -0.497 e. The Morgan fingerprint density at radius 1 is 0.764 bits per heavy atom. The van der Waals surface area contributed by atoms with E-state index in [0.717, 1.165) is 50.7 Å². The number of H-pyrrole nitrogens is 2. The SMILES string of the molecule is CCOc1ccccc1-c1nc2ncnc(N(C)C(c3ccccc3)[n+]3cnc(N(C)Cc4ccc(OC)cc4)c4[nH]c(-c5ccc(CO)cc5)nc43)c2[nH]1. The van der Waals surface area contributed by atoms with Gasteiger partial charge in [0.2, 0.25) is 18.0 Å². The quantitative estimate of drug-likeness (QED) is 0.113. The van der Waals surface area contributed by atoms with Gasteiger partial charge >= 0.3 is 0 Å². The molecule has 0 saturated heterocycles. The minimum absolute atomic E-state index is 0.0388. The van der Waals surface area contributed by atoms with Gasteiger partial charge in [0.15, 0.2) is 23.1 Å². The number of nitrogens with zero attached hydrogens (tertiary/aromatic N) is 8. The van der Waals surface area contributed by atoms with E-state index in [4.69, 9.17) is 29.4 Å². The molecule has 0 aliphatic carbocycles. The number of rotatable bonds is 13. The van der Waals surface area contributed by atoms with Gasteiger partial charge in [-0.15, -0.1) is 0 Å². The van der Waals surface area contributed by atoms with E-state index in [-0.39, 0.29) is 6.61 Å².